The summed E-state index contributed by atoms with van der Waals surface area (Å²) >= 11 is 6.59. The maximum Gasteiger partial charge on any atom is 0.253 e. The number of amides is 1. The molecule has 30 heavy (non-hydrogen) atoms. The molecule has 0 bridgehead atoms. The van der Waals surface area contributed by atoms with Gasteiger partial charge in [-0.2, -0.15) is 0 Å². The molecule has 1 aliphatic rings. The number of nitrogens with one attached hydrogen (secondary N) is 1. The number of hydrogen-bond donors (Lipinski definition) is 1. The molecule has 0 radical (unpaired) electrons. The number of rotatable bonds is 3. The zero-order chi connectivity index (χ0) is 21.3. The molecule has 0 unspecified atom stereocenters. The van der Waals surface area contributed by atoms with Crippen molar-refractivity contribution in [2.75, 3.05) is 13.1 Å². The molecule has 3 heterocycles. The van der Waals surface area contributed by atoms with Gasteiger partial charge < -0.3 is 9.88 Å². The van der Waals surface area contributed by atoms with Crippen molar-refractivity contribution in [2.24, 2.45) is 0 Å². The molecule has 0 aliphatic carbocycles. The number of benzene rings is 1. The summed E-state index contributed by atoms with van der Waals surface area (Å²) in [6, 6.07) is 11.8. The molecule has 0 saturated carbocycles. The van der Waals surface area contributed by atoms with Gasteiger partial charge in [0.25, 0.3) is 5.91 Å². The summed E-state index contributed by atoms with van der Waals surface area (Å²) in [6.45, 7) is 8.15. The van der Waals surface area contributed by atoms with Gasteiger partial charge in [-0.05, 0) is 60.7 Å². The Morgan fingerprint density at radius 2 is 1.80 bits per heavy atom. The van der Waals surface area contributed by atoms with Crippen molar-refractivity contribution >= 4 is 17.5 Å². The van der Waals surface area contributed by atoms with Gasteiger partial charge in [-0.15, -0.1) is 0 Å². The molecular weight excluding hydrogens is 394 g/mol. The molecule has 0 atom stereocenters. The van der Waals surface area contributed by atoms with Crippen molar-refractivity contribution < 1.29 is 4.79 Å². The van der Waals surface area contributed by atoms with Gasteiger partial charge in [0.05, 0.1) is 5.02 Å². The summed E-state index contributed by atoms with van der Waals surface area (Å²) in [4.78, 5) is 22.5. The van der Waals surface area contributed by atoms with Crippen molar-refractivity contribution in [1.82, 2.24) is 14.9 Å². The maximum atomic E-state index is 12.8. The van der Waals surface area contributed by atoms with E-state index in [0.29, 0.717) is 10.6 Å². The van der Waals surface area contributed by atoms with E-state index >= 15 is 0 Å². The highest BCUT2D eigenvalue weighted by Gasteiger charge is 2.20. The van der Waals surface area contributed by atoms with E-state index in [1.807, 2.05) is 35.5 Å². The van der Waals surface area contributed by atoms with Gasteiger partial charge >= 0.3 is 0 Å². The fourth-order valence-corrected chi connectivity index (χ4v) is 4.17. The number of halogens is 1. The van der Waals surface area contributed by atoms with Crippen LogP contribution in [0.25, 0.3) is 22.4 Å². The third-order valence-corrected chi connectivity index (χ3v) is 6.01. The quantitative estimate of drug-likeness (QED) is 0.537. The summed E-state index contributed by atoms with van der Waals surface area (Å²) in [5.74, 6) is 0.0711. The summed E-state index contributed by atoms with van der Waals surface area (Å²) in [5, 5.41) is 0.580. The first-order chi connectivity index (χ1) is 14.3. The van der Waals surface area contributed by atoms with E-state index < -0.39 is 0 Å². The summed E-state index contributed by atoms with van der Waals surface area (Å²) in [5.41, 5.74) is 5.73. The highest BCUT2D eigenvalue weighted by molar-refractivity contribution is 6.33. The summed E-state index contributed by atoms with van der Waals surface area (Å²) in [7, 11) is 0. The highest BCUT2D eigenvalue weighted by atomic mass is 35.5. The van der Waals surface area contributed by atoms with Gasteiger partial charge in [0, 0.05) is 53.4 Å². The normalized spacial score (nSPS) is 14.7. The first kappa shape index (κ1) is 20.7. The number of aromatic amines is 1. The van der Waals surface area contributed by atoms with Crippen LogP contribution in [-0.4, -0.2) is 33.9 Å². The van der Waals surface area contributed by atoms with Crippen molar-refractivity contribution in [1.29, 1.82) is 0 Å². The lowest BCUT2D eigenvalue weighted by Crippen LogP contribution is -2.35. The molecule has 3 aromatic rings. The Labute approximate surface area is 183 Å². The van der Waals surface area contributed by atoms with Crippen LogP contribution in [0, 0.1) is 0 Å². The number of H-pyrrole nitrogens is 1. The standard InChI is InChI=1S/C25H28ClN3O/c1-25(2,3)23-15-17(9-10-27-23)19-14-22(28-16-19)20-8-7-18(13-21(20)26)24(30)29-11-5-4-6-12-29/h7-10,13-16,28H,4-6,11-12H2,1-3H3. The number of pyridine rings is 1. The zero-order valence-corrected chi connectivity index (χ0v) is 18.6. The summed E-state index contributed by atoms with van der Waals surface area (Å²) in [6.07, 6.45) is 7.20. The topological polar surface area (TPSA) is 49.0 Å². The molecule has 4 nitrogen and oxygen atoms in total. The molecule has 1 fully saturated rings. The number of carbonyl (C=O) groups is 1. The summed E-state index contributed by atoms with van der Waals surface area (Å²) < 4.78 is 0. The smallest absolute Gasteiger partial charge is 0.253 e. The number of likely N-dealkylation sites (tertiary alicyclic amines) is 1. The Hall–Kier alpha value is -2.59. The SMILES string of the molecule is CC(C)(C)c1cc(-c2c[nH]c(-c3ccc(C(=O)N4CCCCC4)cc3Cl)c2)ccn1. The maximum absolute atomic E-state index is 12.8. The van der Waals surface area contributed by atoms with Crippen molar-refractivity contribution in [3.8, 4) is 22.4 Å². The van der Waals surface area contributed by atoms with E-state index in [1.54, 1.807) is 6.07 Å². The van der Waals surface area contributed by atoms with E-state index in [9.17, 15) is 4.79 Å². The average Bonchev–Trinajstić information content (AvgIpc) is 3.23. The minimum absolute atomic E-state index is 0.00478. The van der Waals surface area contributed by atoms with Gasteiger partial charge in [-0.1, -0.05) is 38.4 Å². The third-order valence-electron chi connectivity index (χ3n) is 5.69. The van der Waals surface area contributed by atoms with Gasteiger partial charge in [-0.25, -0.2) is 0 Å². The van der Waals surface area contributed by atoms with Crippen LogP contribution in [0.3, 0.4) is 0 Å². The highest BCUT2D eigenvalue weighted by Crippen LogP contribution is 2.33. The van der Waals surface area contributed by atoms with E-state index in [0.717, 1.165) is 54.0 Å². The van der Waals surface area contributed by atoms with Crippen LogP contribution >= 0.6 is 11.6 Å². The molecule has 5 heteroatoms. The van der Waals surface area contributed by atoms with Gasteiger partial charge in [-0.3, -0.25) is 9.78 Å². The van der Waals surface area contributed by atoms with Crippen LogP contribution in [0.4, 0.5) is 0 Å². The Balaban J connectivity index is 1.58. The Morgan fingerprint density at radius 3 is 2.50 bits per heavy atom. The van der Waals surface area contributed by atoms with Gasteiger partial charge in [0.15, 0.2) is 0 Å². The largest absolute Gasteiger partial charge is 0.361 e. The number of aromatic nitrogens is 2. The molecule has 2 aromatic heterocycles. The molecule has 156 valence electrons. The van der Waals surface area contributed by atoms with Crippen molar-refractivity contribution in [3.63, 3.8) is 0 Å². The van der Waals surface area contributed by atoms with Crippen LogP contribution in [0.2, 0.25) is 5.02 Å². The van der Waals surface area contributed by atoms with Crippen LogP contribution in [-0.2, 0) is 5.41 Å². The molecule has 0 spiro atoms. The van der Waals surface area contributed by atoms with Gasteiger partial charge in [0.2, 0.25) is 0 Å². The Kier molecular flexibility index (Phi) is 5.70. The zero-order valence-electron chi connectivity index (χ0n) is 17.8. The molecule has 1 aliphatic heterocycles. The van der Waals surface area contributed by atoms with E-state index in [1.165, 1.54) is 6.42 Å². The number of piperidine rings is 1. The van der Waals surface area contributed by atoms with Crippen molar-refractivity contribution in [3.05, 3.63) is 65.1 Å². The van der Waals surface area contributed by atoms with Crippen LogP contribution in [0.15, 0.2) is 48.8 Å². The number of hydrogen-bond acceptors (Lipinski definition) is 2. The second-order valence-electron chi connectivity index (χ2n) is 9.03. The van der Waals surface area contributed by atoms with Crippen LogP contribution in [0.1, 0.15) is 56.1 Å². The Morgan fingerprint density at radius 1 is 1.03 bits per heavy atom. The molecule has 1 aromatic carbocycles. The third kappa shape index (κ3) is 4.29. The van der Waals surface area contributed by atoms with E-state index in [-0.39, 0.29) is 11.3 Å². The fraction of sp³-hybridized carbons (Fsp3) is 0.360. The minimum Gasteiger partial charge on any atom is -0.361 e. The second kappa shape index (κ2) is 8.27. The molecular formula is C25H28ClN3O. The first-order valence-corrected chi connectivity index (χ1v) is 11.0. The lowest BCUT2D eigenvalue weighted by Gasteiger charge is -2.26. The van der Waals surface area contributed by atoms with Crippen LogP contribution in [0.5, 0.6) is 0 Å². The van der Waals surface area contributed by atoms with E-state index in [4.69, 9.17) is 11.6 Å². The van der Waals surface area contributed by atoms with Crippen LogP contribution < -0.4 is 0 Å². The minimum atomic E-state index is -0.00478. The van der Waals surface area contributed by atoms with E-state index in [2.05, 4.69) is 42.9 Å². The van der Waals surface area contributed by atoms with Gasteiger partial charge in [0.1, 0.15) is 0 Å². The lowest BCUT2D eigenvalue weighted by molar-refractivity contribution is 0.0724. The lowest BCUT2D eigenvalue weighted by atomic mass is 9.90. The number of nitrogens with zero attached hydrogens (tertiary/aromatic N) is 2. The fourth-order valence-electron chi connectivity index (χ4n) is 3.88. The average molecular weight is 422 g/mol. The monoisotopic (exact) mass is 421 g/mol. The second-order valence-corrected chi connectivity index (χ2v) is 9.44. The number of carbonyl (C=O) groups excluding carboxylic acids is 1. The molecule has 1 N–H and O–H groups in total. The molecule has 1 amide bonds. The Bertz CT molecular complexity index is 1060. The first-order valence-electron chi connectivity index (χ1n) is 10.6. The predicted octanol–water partition coefficient (Wildman–Crippen LogP) is 6.32. The molecule has 4 rings (SSSR count). The predicted molar refractivity (Wildman–Crippen MR) is 123 cm³/mol. The van der Waals surface area contributed by atoms with Crippen molar-refractivity contribution in [2.45, 2.75) is 45.4 Å². The molecule has 1 saturated heterocycles.